The zero-order chi connectivity index (χ0) is 24.6. The molecule has 32 heavy (non-hydrogen) atoms. The van der Waals surface area contributed by atoms with E-state index in [1.54, 1.807) is 0 Å². The molecule has 1 fully saturated rings. The van der Waals surface area contributed by atoms with E-state index in [1.165, 1.54) is 12.0 Å². The number of hydrogen-bond donors (Lipinski definition) is 0. The first-order valence-corrected chi connectivity index (χ1v) is 14.7. The largest absolute Gasteiger partial charge is 0.384 e. The maximum absolute atomic E-state index is 7.68. The molecule has 1 aliphatic heterocycles. The summed E-state index contributed by atoms with van der Waals surface area (Å²) in [5.74, 6) is 0. The standard InChI is InChI=1S/C29H52O2Si/c1-13-16-22-29(27(10,11)20-14-2)24(23-19-17-18-21-28(23,12)15-3)30-32(31-29,25(4,5)6)26(7,8)9/h14-15,19,24H,2-3,13,16-18,20-22H2,1,4-12H3/t24-,28+,29+/m0/s1. The van der Waals surface area contributed by atoms with E-state index < -0.39 is 8.56 Å². The summed E-state index contributed by atoms with van der Waals surface area (Å²) in [6, 6.07) is 0. The topological polar surface area (TPSA) is 18.5 Å². The molecule has 2 nitrogen and oxygen atoms in total. The first-order valence-electron chi connectivity index (χ1n) is 12.9. The highest BCUT2D eigenvalue weighted by molar-refractivity contribution is 6.74. The highest BCUT2D eigenvalue weighted by Crippen LogP contribution is 2.65. The minimum atomic E-state index is -2.69. The summed E-state index contributed by atoms with van der Waals surface area (Å²) in [4.78, 5) is 0. The molecule has 0 saturated carbocycles. The minimum Gasteiger partial charge on any atom is -0.384 e. The molecule has 0 amide bonds. The lowest BCUT2D eigenvalue weighted by Gasteiger charge is -2.51. The lowest BCUT2D eigenvalue weighted by Crippen LogP contribution is -2.58. The molecule has 0 unspecified atom stereocenters. The molecule has 1 saturated heterocycles. The van der Waals surface area contributed by atoms with Crippen molar-refractivity contribution < 1.29 is 8.85 Å². The fourth-order valence-corrected chi connectivity index (χ4v) is 11.7. The minimum absolute atomic E-state index is 0.0441. The molecular weight excluding hydrogens is 408 g/mol. The molecule has 2 aliphatic rings. The van der Waals surface area contributed by atoms with E-state index in [2.05, 4.69) is 101 Å². The summed E-state index contributed by atoms with van der Waals surface area (Å²) in [6.07, 6.45) is 14.3. The summed E-state index contributed by atoms with van der Waals surface area (Å²) in [5, 5.41) is -0.108. The van der Waals surface area contributed by atoms with Gasteiger partial charge in [-0.05, 0) is 43.1 Å². The van der Waals surface area contributed by atoms with E-state index in [-0.39, 0.29) is 32.6 Å². The van der Waals surface area contributed by atoms with Crippen LogP contribution in [0.15, 0.2) is 37.0 Å². The second kappa shape index (κ2) is 9.19. The first-order chi connectivity index (χ1) is 14.6. The summed E-state index contributed by atoms with van der Waals surface area (Å²) in [5.41, 5.74) is 0.890. The summed E-state index contributed by atoms with van der Waals surface area (Å²) < 4.78 is 15.2. The molecule has 2 rings (SSSR count). The van der Waals surface area contributed by atoms with Crippen molar-refractivity contribution in [2.45, 2.75) is 136 Å². The number of rotatable bonds is 8. The molecular formula is C29H52O2Si. The van der Waals surface area contributed by atoms with E-state index in [4.69, 9.17) is 8.85 Å². The van der Waals surface area contributed by atoms with Gasteiger partial charge in [-0.3, -0.25) is 0 Å². The second-order valence-corrected chi connectivity index (χ2v) is 17.9. The van der Waals surface area contributed by atoms with Crippen molar-refractivity contribution in [3.05, 3.63) is 37.0 Å². The quantitative estimate of drug-likeness (QED) is 0.265. The van der Waals surface area contributed by atoms with E-state index >= 15 is 0 Å². The Morgan fingerprint density at radius 1 is 1.09 bits per heavy atom. The van der Waals surface area contributed by atoms with Crippen molar-refractivity contribution in [3.63, 3.8) is 0 Å². The van der Waals surface area contributed by atoms with E-state index in [0.717, 1.165) is 38.5 Å². The third kappa shape index (κ3) is 4.39. The van der Waals surface area contributed by atoms with E-state index in [0.29, 0.717) is 0 Å². The Balaban J connectivity index is 2.87. The Bertz CT molecular complexity index is 706. The Morgan fingerprint density at radius 3 is 2.16 bits per heavy atom. The van der Waals surface area contributed by atoms with Crippen LogP contribution in [0.3, 0.4) is 0 Å². The molecule has 3 atom stereocenters. The average molecular weight is 461 g/mol. The van der Waals surface area contributed by atoms with Crippen LogP contribution in [-0.4, -0.2) is 20.3 Å². The summed E-state index contributed by atoms with van der Waals surface area (Å²) in [6.45, 7) is 31.8. The van der Waals surface area contributed by atoms with Crippen LogP contribution >= 0.6 is 0 Å². The van der Waals surface area contributed by atoms with Crippen LogP contribution < -0.4 is 0 Å². The highest BCUT2D eigenvalue weighted by Gasteiger charge is 2.72. The van der Waals surface area contributed by atoms with Crippen molar-refractivity contribution in [3.8, 4) is 0 Å². The Kier molecular flexibility index (Phi) is 7.93. The van der Waals surface area contributed by atoms with E-state index in [1.807, 2.05) is 0 Å². The number of allylic oxidation sites excluding steroid dienone is 3. The van der Waals surface area contributed by atoms with Gasteiger partial charge in [0.1, 0.15) is 0 Å². The van der Waals surface area contributed by atoms with Crippen LogP contribution in [0.25, 0.3) is 0 Å². The highest BCUT2D eigenvalue weighted by atomic mass is 28.4. The molecule has 1 heterocycles. The molecule has 1 aliphatic carbocycles. The third-order valence-corrected chi connectivity index (χ3v) is 13.5. The van der Waals surface area contributed by atoms with Crippen molar-refractivity contribution in [1.29, 1.82) is 0 Å². The zero-order valence-corrected chi connectivity index (χ0v) is 24.0. The Morgan fingerprint density at radius 2 is 1.69 bits per heavy atom. The van der Waals surface area contributed by atoms with Gasteiger partial charge in [-0.15, -0.1) is 13.2 Å². The van der Waals surface area contributed by atoms with Gasteiger partial charge in [0.2, 0.25) is 0 Å². The molecule has 0 bridgehead atoms. The maximum atomic E-state index is 7.68. The van der Waals surface area contributed by atoms with Crippen molar-refractivity contribution in [2.24, 2.45) is 10.8 Å². The van der Waals surface area contributed by atoms with Gasteiger partial charge >= 0.3 is 8.56 Å². The second-order valence-electron chi connectivity index (χ2n) is 13.3. The van der Waals surface area contributed by atoms with Gasteiger partial charge in [-0.1, -0.05) is 100 Å². The van der Waals surface area contributed by atoms with Crippen LogP contribution in [0.1, 0.15) is 114 Å². The van der Waals surface area contributed by atoms with Gasteiger partial charge in [0.05, 0.1) is 11.7 Å². The van der Waals surface area contributed by atoms with Crippen LogP contribution in [0.2, 0.25) is 10.1 Å². The van der Waals surface area contributed by atoms with Crippen molar-refractivity contribution in [1.82, 2.24) is 0 Å². The molecule has 0 radical (unpaired) electrons. The predicted molar refractivity (Wildman–Crippen MR) is 142 cm³/mol. The summed E-state index contributed by atoms with van der Waals surface area (Å²) in [7, 11) is -2.69. The molecule has 0 aromatic rings. The van der Waals surface area contributed by atoms with Crippen molar-refractivity contribution in [2.75, 3.05) is 0 Å². The predicted octanol–water partition coefficient (Wildman–Crippen LogP) is 9.28. The smallest absolute Gasteiger partial charge is 0.350 e. The van der Waals surface area contributed by atoms with Gasteiger partial charge in [-0.25, -0.2) is 0 Å². The number of unbranched alkanes of at least 4 members (excludes halogenated alkanes) is 1. The average Bonchev–Trinajstić information content (AvgIpc) is 3.05. The van der Waals surface area contributed by atoms with Gasteiger partial charge in [0.25, 0.3) is 0 Å². The lowest BCUT2D eigenvalue weighted by molar-refractivity contribution is -0.0688. The fraction of sp³-hybridized carbons (Fsp3) is 0.793. The van der Waals surface area contributed by atoms with Gasteiger partial charge in [-0.2, -0.15) is 0 Å². The SMILES string of the molecule is C=CCC(C)(C)[C@]1(CCCC)O[Si](C(C)(C)C)(C(C)(C)C)O[C@H]1C1=CCCC[C@@]1(C)C=C. The maximum Gasteiger partial charge on any atom is 0.350 e. The molecule has 0 aromatic heterocycles. The van der Waals surface area contributed by atoms with Crippen LogP contribution in [0.4, 0.5) is 0 Å². The third-order valence-electron chi connectivity index (χ3n) is 8.37. The van der Waals surface area contributed by atoms with Crippen molar-refractivity contribution >= 4 is 8.56 Å². The lowest BCUT2D eigenvalue weighted by atomic mass is 9.61. The van der Waals surface area contributed by atoms with Gasteiger partial charge in [0, 0.05) is 15.5 Å². The van der Waals surface area contributed by atoms with Gasteiger partial charge < -0.3 is 8.85 Å². The molecule has 3 heteroatoms. The Labute approximate surface area is 201 Å². The first kappa shape index (κ1) is 27.6. The zero-order valence-electron chi connectivity index (χ0n) is 23.0. The van der Waals surface area contributed by atoms with E-state index in [9.17, 15) is 0 Å². The van der Waals surface area contributed by atoms with Crippen LogP contribution in [-0.2, 0) is 8.85 Å². The fourth-order valence-electron chi connectivity index (χ4n) is 6.41. The molecule has 0 N–H and O–H groups in total. The van der Waals surface area contributed by atoms with Crippen LogP contribution in [0, 0.1) is 10.8 Å². The Hall–Kier alpha value is -0.643. The summed E-state index contributed by atoms with van der Waals surface area (Å²) >= 11 is 0. The molecule has 0 spiro atoms. The number of hydrogen-bond acceptors (Lipinski definition) is 2. The molecule has 184 valence electrons. The molecule has 0 aromatic carbocycles. The van der Waals surface area contributed by atoms with Crippen LogP contribution in [0.5, 0.6) is 0 Å². The van der Waals surface area contributed by atoms with Gasteiger partial charge in [0.15, 0.2) is 0 Å². The monoisotopic (exact) mass is 460 g/mol. The normalized spacial score (nSPS) is 31.3.